The molecular formula is C17H19N3O2. The number of nitrogens with zero attached hydrogens (tertiary/aromatic N) is 3. The highest BCUT2D eigenvalue weighted by atomic mass is 16.3. The highest BCUT2D eigenvalue weighted by Gasteiger charge is 2.25. The van der Waals surface area contributed by atoms with Crippen LogP contribution in [0.2, 0.25) is 0 Å². The van der Waals surface area contributed by atoms with Gasteiger partial charge in [0.15, 0.2) is 0 Å². The minimum absolute atomic E-state index is 0.153. The Labute approximate surface area is 128 Å². The topological polar surface area (TPSA) is 60.9 Å². The first-order valence-corrected chi connectivity index (χ1v) is 7.84. The molecule has 0 atom stereocenters. The molecule has 1 aliphatic rings. The van der Waals surface area contributed by atoms with Gasteiger partial charge in [-0.05, 0) is 42.7 Å². The van der Waals surface area contributed by atoms with Crippen molar-refractivity contribution in [2.75, 3.05) is 0 Å². The maximum Gasteiger partial charge on any atom is 0.296 e. The summed E-state index contributed by atoms with van der Waals surface area (Å²) in [5.41, 5.74) is 5.18. The Hall–Kier alpha value is -2.17. The van der Waals surface area contributed by atoms with Crippen molar-refractivity contribution in [3.63, 3.8) is 0 Å². The predicted molar refractivity (Wildman–Crippen MR) is 85.1 cm³/mol. The zero-order valence-corrected chi connectivity index (χ0v) is 13.1. The number of pyridine rings is 1. The minimum atomic E-state index is -0.153. The smallest absolute Gasteiger partial charge is 0.296 e. The SMILES string of the molecule is CC(C)Cc1nc2oc3c(=O)n(C)cnc3c2c2c1CCC2. The van der Waals surface area contributed by atoms with Crippen LogP contribution in [0.15, 0.2) is 15.5 Å². The molecule has 0 aliphatic heterocycles. The summed E-state index contributed by atoms with van der Waals surface area (Å²) in [4.78, 5) is 21.4. The fourth-order valence-corrected chi connectivity index (χ4v) is 3.47. The fraction of sp³-hybridized carbons (Fsp3) is 0.471. The van der Waals surface area contributed by atoms with Crippen LogP contribution in [-0.4, -0.2) is 14.5 Å². The largest absolute Gasteiger partial charge is 0.430 e. The zero-order valence-electron chi connectivity index (χ0n) is 13.1. The van der Waals surface area contributed by atoms with Gasteiger partial charge < -0.3 is 4.42 Å². The van der Waals surface area contributed by atoms with Gasteiger partial charge in [-0.3, -0.25) is 9.36 Å². The first-order valence-electron chi connectivity index (χ1n) is 7.84. The number of aromatic nitrogens is 3. The first-order chi connectivity index (χ1) is 10.6. The summed E-state index contributed by atoms with van der Waals surface area (Å²) in [6.45, 7) is 4.40. The molecule has 1 aliphatic carbocycles. The lowest BCUT2D eigenvalue weighted by Crippen LogP contribution is -2.15. The van der Waals surface area contributed by atoms with E-state index in [0.717, 1.165) is 36.8 Å². The number of furan rings is 1. The molecule has 0 aromatic carbocycles. The van der Waals surface area contributed by atoms with E-state index in [9.17, 15) is 4.79 Å². The number of aryl methyl sites for hydroxylation is 2. The maximum atomic E-state index is 12.3. The molecule has 0 saturated heterocycles. The molecule has 4 rings (SSSR count). The monoisotopic (exact) mass is 297 g/mol. The lowest BCUT2D eigenvalue weighted by molar-refractivity contribution is 0.612. The Balaban J connectivity index is 2.11. The first kappa shape index (κ1) is 13.5. The summed E-state index contributed by atoms with van der Waals surface area (Å²) in [7, 11) is 1.68. The van der Waals surface area contributed by atoms with Gasteiger partial charge in [-0.25, -0.2) is 9.97 Å². The molecule has 114 valence electrons. The molecule has 0 saturated carbocycles. The van der Waals surface area contributed by atoms with Gasteiger partial charge in [-0.1, -0.05) is 13.8 Å². The minimum Gasteiger partial charge on any atom is -0.430 e. The molecule has 5 nitrogen and oxygen atoms in total. The summed E-state index contributed by atoms with van der Waals surface area (Å²) in [5.74, 6) is 0.546. The van der Waals surface area contributed by atoms with E-state index in [-0.39, 0.29) is 5.56 Å². The second kappa shape index (κ2) is 4.66. The second-order valence-electron chi connectivity index (χ2n) is 6.59. The van der Waals surface area contributed by atoms with E-state index in [4.69, 9.17) is 9.40 Å². The molecule has 3 aromatic heterocycles. The molecule has 0 N–H and O–H groups in total. The molecular weight excluding hydrogens is 278 g/mol. The summed E-state index contributed by atoms with van der Waals surface area (Å²) in [6, 6.07) is 0. The lowest BCUT2D eigenvalue weighted by atomic mass is 9.99. The van der Waals surface area contributed by atoms with Crippen LogP contribution in [0.25, 0.3) is 22.2 Å². The van der Waals surface area contributed by atoms with Crippen molar-refractivity contribution in [3.05, 3.63) is 33.5 Å². The number of hydrogen-bond donors (Lipinski definition) is 0. The number of rotatable bonds is 2. The van der Waals surface area contributed by atoms with Crippen LogP contribution in [0.1, 0.15) is 37.1 Å². The summed E-state index contributed by atoms with van der Waals surface area (Å²) in [6.07, 6.45) is 5.73. The van der Waals surface area contributed by atoms with Gasteiger partial charge in [0.2, 0.25) is 11.3 Å². The van der Waals surface area contributed by atoms with Crippen LogP contribution >= 0.6 is 0 Å². The van der Waals surface area contributed by atoms with Crippen LogP contribution in [-0.2, 0) is 26.3 Å². The van der Waals surface area contributed by atoms with Crippen molar-refractivity contribution in [3.8, 4) is 0 Å². The van der Waals surface area contributed by atoms with E-state index >= 15 is 0 Å². The summed E-state index contributed by atoms with van der Waals surface area (Å²) < 4.78 is 7.25. The van der Waals surface area contributed by atoms with E-state index in [0.29, 0.717) is 22.7 Å². The molecule has 0 radical (unpaired) electrons. The average molecular weight is 297 g/mol. The van der Waals surface area contributed by atoms with Gasteiger partial charge in [-0.15, -0.1) is 0 Å². The van der Waals surface area contributed by atoms with Crippen molar-refractivity contribution < 1.29 is 4.42 Å². The fourth-order valence-electron chi connectivity index (χ4n) is 3.47. The summed E-state index contributed by atoms with van der Waals surface area (Å²) in [5, 5.41) is 0.952. The Morgan fingerprint density at radius 2 is 2.09 bits per heavy atom. The van der Waals surface area contributed by atoms with Crippen molar-refractivity contribution in [1.29, 1.82) is 0 Å². The number of hydrogen-bond acceptors (Lipinski definition) is 4. The average Bonchev–Trinajstić information content (AvgIpc) is 3.06. The van der Waals surface area contributed by atoms with Crippen molar-refractivity contribution in [2.24, 2.45) is 13.0 Å². The van der Waals surface area contributed by atoms with Gasteiger partial charge in [0.1, 0.15) is 5.52 Å². The highest BCUT2D eigenvalue weighted by molar-refractivity contribution is 6.03. The molecule has 5 heteroatoms. The van der Waals surface area contributed by atoms with E-state index < -0.39 is 0 Å². The van der Waals surface area contributed by atoms with Crippen LogP contribution in [0.3, 0.4) is 0 Å². The van der Waals surface area contributed by atoms with E-state index in [1.54, 1.807) is 13.4 Å². The van der Waals surface area contributed by atoms with Crippen molar-refractivity contribution in [1.82, 2.24) is 14.5 Å². The second-order valence-corrected chi connectivity index (χ2v) is 6.59. The van der Waals surface area contributed by atoms with Crippen LogP contribution in [0.4, 0.5) is 0 Å². The van der Waals surface area contributed by atoms with Gasteiger partial charge in [0.25, 0.3) is 5.56 Å². The normalized spacial score (nSPS) is 14.4. The molecule has 0 bridgehead atoms. The number of fused-ring (bicyclic) bond motifs is 5. The zero-order chi connectivity index (χ0) is 15.4. The van der Waals surface area contributed by atoms with Gasteiger partial charge in [0.05, 0.1) is 11.7 Å². The van der Waals surface area contributed by atoms with Crippen molar-refractivity contribution in [2.45, 2.75) is 39.5 Å². The molecule has 0 unspecified atom stereocenters. The third-order valence-corrected chi connectivity index (χ3v) is 4.45. The third kappa shape index (κ3) is 1.81. The Kier molecular flexibility index (Phi) is 2.86. The molecule has 0 amide bonds. The van der Waals surface area contributed by atoms with Gasteiger partial charge in [0, 0.05) is 12.7 Å². The molecule has 0 spiro atoms. The molecule has 3 aromatic rings. The van der Waals surface area contributed by atoms with Gasteiger partial charge in [-0.2, -0.15) is 0 Å². The Morgan fingerprint density at radius 1 is 1.32 bits per heavy atom. The van der Waals surface area contributed by atoms with Crippen molar-refractivity contribution >= 4 is 22.2 Å². The van der Waals surface area contributed by atoms with Crippen LogP contribution < -0.4 is 5.56 Å². The standard InChI is InChI=1S/C17H19N3O2/c1-9(2)7-12-10-5-4-6-11(10)13-14-15(22-16(13)19-12)17(21)20(3)8-18-14/h8-9H,4-7H2,1-3H3. The van der Waals surface area contributed by atoms with Gasteiger partial charge >= 0.3 is 0 Å². The third-order valence-electron chi connectivity index (χ3n) is 4.45. The Bertz CT molecular complexity index is 950. The Morgan fingerprint density at radius 3 is 2.86 bits per heavy atom. The van der Waals surface area contributed by atoms with Crippen LogP contribution in [0.5, 0.6) is 0 Å². The van der Waals surface area contributed by atoms with E-state index in [2.05, 4.69) is 18.8 Å². The molecule has 3 heterocycles. The quantitative estimate of drug-likeness (QED) is 0.729. The predicted octanol–water partition coefficient (Wildman–Crippen LogP) is 2.76. The maximum absolute atomic E-state index is 12.3. The molecule has 22 heavy (non-hydrogen) atoms. The lowest BCUT2D eigenvalue weighted by Gasteiger charge is -2.10. The highest BCUT2D eigenvalue weighted by Crippen LogP contribution is 2.36. The summed E-state index contributed by atoms with van der Waals surface area (Å²) >= 11 is 0. The molecule has 0 fully saturated rings. The van der Waals surface area contributed by atoms with Crippen LogP contribution in [0, 0.1) is 5.92 Å². The van der Waals surface area contributed by atoms with E-state index in [1.807, 2.05) is 0 Å². The van der Waals surface area contributed by atoms with E-state index in [1.165, 1.54) is 15.7 Å².